The third-order valence-corrected chi connectivity index (χ3v) is 5.08. The fourth-order valence-corrected chi connectivity index (χ4v) is 3.84. The van der Waals surface area contributed by atoms with Crippen molar-refractivity contribution in [2.45, 2.75) is 18.8 Å². The molecule has 1 aromatic heterocycles. The molecule has 1 aliphatic rings. The van der Waals surface area contributed by atoms with Gasteiger partial charge in [0.05, 0.1) is 22.1 Å². The molecule has 1 atom stereocenters. The number of rotatable bonds is 1. The SMILES string of the molecule is O=C1c2ccccc2CCC1c1cccc2nc3ccccc3nc12. The van der Waals surface area contributed by atoms with E-state index in [9.17, 15) is 4.79 Å². The number of aromatic nitrogens is 2. The van der Waals surface area contributed by atoms with Crippen molar-refractivity contribution in [1.82, 2.24) is 9.97 Å². The van der Waals surface area contributed by atoms with E-state index in [0.717, 1.165) is 51.6 Å². The van der Waals surface area contributed by atoms with Gasteiger partial charge in [0.25, 0.3) is 0 Å². The molecule has 4 aromatic rings. The quantitative estimate of drug-likeness (QED) is 0.477. The number of fused-ring (bicyclic) bond motifs is 3. The summed E-state index contributed by atoms with van der Waals surface area (Å²) in [6.45, 7) is 0. The molecule has 0 radical (unpaired) electrons. The maximum absolute atomic E-state index is 13.1. The number of carbonyl (C=O) groups is 1. The molecule has 120 valence electrons. The molecule has 0 fully saturated rings. The van der Waals surface area contributed by atoms with Gasteiger partial charge < -0.3 is 0 Å². The minimum absolute atomic E-state index is 0.144. The molecule has 1 heterocycles. The summed E-state index contributed by atoms with van der Waals surface area (Å²) in [5, 5.41) is 0. The molecule has 0 N–H and O–H groups in total. The van der Waals surface area contributed by atoms with Crippen molar-refractivity contribution in [1.29, 1.82) is 0 Å². The lowest BCUT2D eigenvalue weighted by Gasteiger charge is -2.24. The number of nitrogens with zero attached hydrogens (tertiary/aromatic N) is 2. The van der Waals surface area contributed by atoms with Crippen LogP contribution >= 0.6 is 0 Å². The van der Waals surface area contributed by atoms with E-state index >= 15 is 0 Å². The van der Waals surface area contributed by atoms with Crippen molar-refractivity contribution < 1.29 is 4.79 Å². The highest BCUT2D eigenvalue weighted by atomic mass is 16.1. The van der Waals surface area contributed by atoms with Gasteiger partial charge in [-0.2, -0.15) is 0 Å². The summed E-state index contributed by atoms with van der Waals surface area (Å²) < 4.78 is 0. The fourth-order valence-electron chi connectivity index (χ4n) is 3.84. The lowest BCUT2D eigenvalue weighted by Crippen LogP contribution is -2.21. The summed E-state index contributed by atoms with van der Waals surface area (Å²) in [4.78, 5) is 22.6. The van der Waals surface area contributed by atoms with Crippen LogP contribution in [0.25, 0.3) is 22.1 Å². The maximum Gasteiger partial charge on any atom is 0.170 e. The Morgan fingerprint density at radius 3 is 2.36 bits per heavy atom. The molecular weight excluding hydrogens is 308 g/mol. The molecule has 3 aromatic carbocycles. The maximum atomic E-state index is 13.1. The van der Waals surface area contributed by atoms with Crippen LogP contribution in [0.3, 0.4) is 0 Å². The van der Waals surface area contributed by atoms with Gasteiger partial charge in [-0.3, -0.25) is 4.79 Å². The number of para-hydroxylation sites is 3. The monoisotopic (exact) mass is 324 g/mol. The zero-order valence-electron chi connectivity index (χ0n) is 13.6. The van der Waals surface area contributed by atoms with Gasteiger partial charge in [0.1, 0.15) is 0 Å². The normalized spacial score (nSPS) is 17.0. The van der Waals surface area contributed by atoms with Crippen molar-refractivity contribution in [2.75, 3.05) is 0 Å². The van der Waals surface area contributed by atoms with Crippen LogP contribution in [-0.2, 0) is 6.42 Å². The van der Waals surface area contributed by atoms with Gasteiger partial charge in [0.15, 0.2) is 5.78 Å². The molecule has 0 bridgehead atoms. The van der Waals surface area contributed by atoms with Gasteiger partial charge in [-0.25, -0.2) is 9.97 Å². The Morgan fingerprint density at radius 2 is 1.48 bits per heavy atom. The number of ketones is 1. The van der Waals surface area contributed by atoms with Crippen molar-refractivity contribution >= 4 is 27.9 Å². The number of hydrogen-bond acceptors (Lipinski definition) is 3. The van der Waals surface area contributed by atoms with E-state index in [1.807, 2.05) is 60.7 Å². The molecule has 0 spiro atoms. The summed E-state index contributed by atoms with van der Waals surface area (Å²) >= 11 is 0. The molecule has 3 nitrogen and oxygen atoms in total. The molecule has 1 aliphatic carbocycles. The molecule has 0 aliphatic heterocycles. The van der Waals surface area contributed by atoms with E-state index in [1.165, 1.54) is 0 Å². The Hall–Kier alpha value is -3.07. The third kappa shape index (κ3) is 2.23. The predicted octanol–water partition coefficient (Wildman–Crippen LogP) is 4.70. The van der Waals surface area contributed by atoms with Crippen LogP contribution in [0, 0.1) is 0 Å². The lowest BCUT2D eigenvalue weighted by atomic mass is 9.79. The van der Waals surface area contributed by atoms with Crippen molar-refractivity contribution in [3.63, 3.8) is 0 Å². The standard InChI is InChI=1S/C22H16N2O/c25-22-15-7-2-1-6-14(15)12-13-17(22)16-8-5-11-20-21(16)24-19-10-4-3-9-18(19)23-20/h1-11,17H,12-13H2. The van der Waals surface area contributed by atoms with Gasteiger partial charge in [0.2, 0.25) is 0 Å². The number of carbonyl (C=O) groups excluding carboxylic acids is 1. The Balaban J connectivity index is 1.71. The lowest BCUT2D eigenvalue weighted by molar-refractivity contribution is 0.0946. The number of hydrogen-bond donors (Lipinski definition) is 0. The predicted molar refractivity (Wildman–Crippen MR) is 98.9 cm³/mol. The smallest absolute Gasteiger partial charge is 0.170 e. The molecule has 0 amide bonds. The average molecular weight is 324 g/mol. The first kappa shape index (κ1) is 14.3. The van der Waals surface area contributed by atoms with E-state index in [4.69, 9.17) is 9.97 Å². The first-order valence-corrected chi connectivity index (χ1v) is 8.59. The minimum atomic E-state index is -0.144. The minimum Gasteiger partial charge on any atom is -0.293 e. The molecule has 0 saturated carbocycles. The van der Waals surface area contributed by atoms with E-state index in [-0.39, 0.29) is 11.7 Å². The summed E-state index contributed by atoms with van der Waals surface area (Å²) in [5.41, 5.74) is 6.45. The average Bonchev–Trinajstić information content (AvgIpc) is 2.67. The molecular formula is C22H16N2O. The number of aryl methyl sites for hydroxylation is 1. The van der Waals surface area contributed by atoms with Crippen molar-refractivity contribution in [3.8, 4) is 0 Å². The highest BCUT2D eigenvalue weighted by Crippen LogP contribution is 2.35. The van der Waals surface area contributed by atoms with Crippen LogP contribution in [0.4, 0.5) is 0 Å². The Morgan fingerprint density at radius 1 is 0.760 bits per heavy atom. The summed E-state index contributed by atoms with van der Waals surface area (Å²) in [7, 11) is 0. The Labute approximate surface area is 145 Å². The van der Waals surface area contributed by atoms with Crippen molar-refractivity contribution in [3.05, 3.63) is 83.4 Å². The van der Waals surface area contributed by atoms with Crippen LogP contribution in [0.5, 0.6) is 0 Å². The fraction of sp³-hybridized carbons (Fsp3) is 0.136. The highest BCUT2D eigenvalue weighted by Gasteiger charge is 2.29. The van der Waals surface area contributed by atoms with E-state index in [2.05, 4.69) is 6.07 Å². The van der Waals surface area contributed by atoms with E-state index < -0.39 is 0 Å². The van der Waals surface area contributed by atoms with Gasteiger partial charge in [-0.1, -0.05) is 48.5 Å². The first-order valence-electron chi connectivity index (χ1n) is 8.59. The van der Waals surface area contributed by atoms with Gasteiger partial charge in [0, 0.05) is 11.5 Å². The van der Waals surface area contributed by atoms with Crippen molar-refractivity contribution in [2.24, 2.45) is 0 Å². The van der Waals surface area contributed by atoms with E-state index in [0.29, 0.717) is 0 Å². The van der Waals surface area contributed by atoms with Gasteiger partial charge in [-0.15, -0.1) is 0 Å². The first-order chi connectivity index (χ1) is 12.3. The number of benzene rings is 3. The molecule has 0 saturated heterocycles. The van der Waals surface area contributed by atoms with E-state index in [1.54, 1.807) is 0 Å². The van der Waals surface area contributed by atoms with Gasteiger partial charge >= 0.3 is 0 Å². The molecule has 25 heavy (non-hydrogen) atoms. The molecule has 1 unspecified atom stereocenters. The van der Waals surface area contributed by atoms with Crippen LogP contribution in [0.2, 0.25) is 0 Å². The Bertz CT molecular complexity index is 1130. The topological polar surface area (TPSA) is 42.9 Å². The second kappa shape index (κ2) is 5.49. The number of Topliss-reactive ketones (excluding diaryl/α,β-unsaturated/α-hetero) is 1. The summed E-state index contributed by atoms with van der Waals surface area (Å²) in [6.07, 6.45) is 1.74. The van der Waals surface area contributed by atoms with Crippen LogP contribution in [-0.4, -0.2) is 15.8 Å². The molecule has 5 rings (SSSR count). The second-order valence-electron chi connectivity index (χ2n) is 6.54. The molecule has 3 heteroatoms. The zero-order chi connectivity index (χ0) is 16.8. The van der Waals surface area contributed by atoms with Gasteiger partial charge in [-0.05, 0) is 42.2 Å². The Kier molecular flexibility index (Phi) is 3.14. The second-order valence-corrected chi connectivity index (χ2v) is 6.54. The highest BCUT2D eigenvalue weighted by molar-refractivity contribution is 6.05. The summed E-state index contributed by atoms with van der Waals surface area (Å²) in [6, 6.07) is 21.8. The van der Waals surface area contributed by atoms with Crippen LogP contribution in [0.15, 0.2) is 66.7 Å². The third-order valence-electron chi connectivity index (χ3n) is 5.08. The zero-order valence-corrected chi connectivity index (χ0v) is 13.6. The van der Waals surface area contributed by atoms with Crippen LogP contribution < -0.4 is 0 Å². The summed E-state index contributed by atoms with van der Waals surface area (Å²) in [5.74, 6) is 0.0540. The van der Waals surface area contributed by atoms with Crippen LogP contribution in [0.1, 0.15) is 33.8 Å². The largest absolute Gasteiger partial charge is 0.293 e.